The van der Waals surface area contributed by atoms with Gasteiger partial charge in [0, 0.05) is 12.0 Å². The van der Waals surface area contributed by atoms with E-state index in [4.69, 9.17) is 14.2 Å². The lowest BCUT2D eigenvalue weighted by Crippen LogP contribution is -2.47. The van der Waals surface area contributed by atoms with Crippen LogP contribution in [0.5, 0.6) is 11.5 Å². The molecule has 0 aliphatic heterocycles. The van der Waals surface area contributed by atoms with E-state index in [9.17, 15) is 9.59 Å². The van der Waals surface area contributed by atoms with Crippen LogP contribution in [0, 0.1) is 34.0 Å². The molecule has 3 aliphatic rings. The lowest BCUT2D eigenvalue weighted by molar-refractivity contribution is -0.167. The second-order valence-electron chi connectivity index (χ2n) is 13.0. The summed E-state index contributed by atoms with van der Waals surface area (Å²) < 4.78 is 17.1. The number of esters is 2. The Labute approximate surface area is 210 Å². The molecule has 35 heavy (non-hydrogen) atoms. The number of hydrogen-bond acceptors (Lipinski definition) is 5. The zero-order chi connectivity index (χ0) is 25.8. The monoisotopic (exact) mass is 482 g/mol. The van der Waals surface area contributed by atoms with Gasteiger partial charge in [-0.15, -0.1) is 0 Å². The summed E-state index contributed by atoms with van der Waals surface area (Å²) in [5, 5.41) is 0. The number of methoxy groups -OCH3 is 1. The van der Waals surface area contributed by atoms with Crippen molar-refractivity contribution in [3.8, 4) is 11.5 Å². The molecular weight excluding hydrogens is 440 g/mol. The Bertz CT molecular complexity index is 1030. The molecule has 1 spiro atoms. The van der Waals surface area contributed by atoms with Gasteiger partial charge in [-0.25, -0.2) is 4.79 Å². The summed E-state index contributed by atoms with van der Waals surface area (Å²) in [6.07, 6.45) is 9.11. The Hall–Kier alpha value is -2.30. The minimum Gasteiger partial charge on any atom is -0.493 e. The minimum atomic E-state index is -0.618. The highest BCUT2D eigenvalue weighted by atomic mass is 16.6. The maximum Gasteiger partial charge on any atom is 0.331 e. The first-order valence-corrected chi connectivity index (χ1v) is 13.0. The third-order valence-corrected chi connectivity index (χ3v) is 9.52. The molecule has 192 valence electrons. The van der Waals surface area contributed by atoms with Crippen LogP contribution >= 0.6 is 0 Å². The lowest BCUT2D eigenvalue weighted by Gasteiger charge is -2.46. The van der Waals surface area contributed by atoms with Crippen molar-refractivity contribution in [2.75, 3.05) is 7.11 Å². The van der Waals surface area contributed by atoms with Gasteiger partial charge in [0.15, 0.2) is 11.5 Å². The third kappa shape index (κ3) is 4.40. The van der Waals surface area contributed by atoms with Crippen molar-refractivity contribution in [1.29, 1.82) is 0 Å². The Morgan fingerprint density at radius 3 is 2.40 bits per heavy atom. The van der Waals surface area contributed by atoms with E-state index >= 15 is 0 Å². The van der Waals surface area contributed by atoms with Crippen LogP contribution in [0.4, 0.5) is 0 Å². The van der Waals surface area contributed by atoms with Crippen molar-refractivity contribution < 1.29 is 23.8 Å². The summed E-state index contributed by atoms with van der Waals surface area (Å²) in [5.74, 6) is 2.02. The van der Waals surface area contributed by atoms with E-state index in [0.717, 1.165) is 30.2 Å². The largest absolute Gasteiger partial charge is 0.493 e. The number of fused-ring (bicyclic) bond motifs is 1. The molecule has 0 heterocycles. The van der Waals surface area contributed by atoms with Crippen molar-refractivity contribution >= 4 is 18.0 Å². The van der Waals surface area contributed by atoms with Crippen LogP contribution in [-0.2, 0) is 14.3 Å². The van der Waals surface area contributed by atoms with Gasteiger partial charge in [0.25, 0.3) is 0 Å². The number of carbonyl (C=O) groups excluding carboxylic acids is 2. The predicted octanol–water partition coefficient (Wildman–Crippen LogP) is 6.83. The summed E-state index contributed by atoms with van der Waals surface area (Å²) in [4.78, 5) is 25.2. The van der Waals surface area contributed by atoms with Gasteiger partial charge in [0.1, 0.15) is 5.60 Å². The van der Waals surface area contributed by atoms with Crippen LogP contribution in [-0.4, -0.2) is 24.6 Å². The SMILES string of the molecule is COc1cc(/C=C/C(=O)O[C@@]2(C)CC[C@@]34C[C@H]2C(C)(C)[C@@H]3CC[C@@H]4C)ccc1OC(=O)C(C)(C)C. The van der Waals surface area contributed by atoms with E-state index in [2.05, 4.69) is 27.7 Å². The standard InChI is InChI=1S/C30H42O5/c1-19-9-13-23-28(5,6)24-18-30(19,23)16-15-29(24,7)35-25(31)14-11-20-10-12-21(22(17-20)33-8)34-26(32)27(2,3)4/h10-12,14,17,19,23-24H,9,13,15-16,18H2,1-8H3/b14-11+/t19-,23-,24-,29-,30-/m0/s1. The van der Waals surface area contributed by atoms with Crippen molar-refractivity contribution in [2.24, 2.45) is 34.0 Å². The molecule has 0 saturated heterocycles. The van der Waals surface area contributed by atoms with Crippen molar-refractivity contribution in [1.82, 2.24) is 0 Å². The maximum absolute atomic E-state index is 13.0. The Morgan fingerprint density at radius 2 is 1.74 bits per heavy atom. The van der Waals surface area contributed by atoms with Crippen LogP contribution in [0.1, 0.15) is 86.1 Å². The molecule has 0 unspecified atom stereocenters. The fourth-order valence-electron chi connectivity index (χ4n) is 7.53. The van der Waals surface area contributed by atoms with Crippen molar-refractivity contribution in [3.05, 3.63) is 29.8 Å². The molecule has 1 aromatic rings. The van der Waals surface area contributed by atoms with E-state index in [1.165, 1.54) is 32.4 Å². The summed E-state index contributed by atoms with van der Waals surface area (Å²) >= 11 is 0. The normalized spacial score (nSPS) is 33.4. The number of rotatable bonds is 5. The van der Waals surface area contributed by atoms with Crippen LogP contribution in [0.25, 0.3) is 6.08 Å². The Balaban J connectivity index is 1.46. The average Bonchev–Trinajstić information content (AvgIpc) is 3.20. The highest BCUT2D eigenvalue weighted by molar-refractivity contribution is 5.87. The number of ether oxygens (including phenoxy) is 3. The molecule has 3 aliphatic carbocycles. The van der Waals surface area contributed by atoms with Gasteiger partial charge in [-0.1, -0.05) is 26.8 Å². The molecule has 5 heteroatoms. The van der Waals surface area contributed by atoms with Gasteiger partial charge < -0.3 is 14.2 Å². The van der Waals surface area contributed by atoms with Crippen molar-refractivity contribution in [3.63, 3.8) is 0 Å². The summed E-state index contributed by atoms with van der Waals surface area (Å²) in [6.45, 7) is 14.8. The average molecular weight is 483 g/mol. The molecular formula is C30H42O5. The molecule has 3 fully saturated rings. The molecule has 0 N–H and O–H groups in total. The first-order valence-electron chi connectivity index (χ1n) is 13.0. The number of carbonyl (C=O) groups is 2. The predicted molar refractivity (Wildman–Crippen MR) is 137 cm³/mol. The highest BCUT2D eigenvalue weighted by Crippen LogP contribution is 2.73. The third-order valence-electron chi connectivity index (χ3n) is 9.52. The van der Waals surface area contributed by atoms with Gasteiger partial charge in [0.05, 0.1) is 12.5 Å². The summed E-state index contributed by atoms with van der Waals surface area (Å²) in [7, 11) is 1.53. The van der Waals surface area contributed by atoms with E-state index < -0.39 is 11.0 Å². The van der Waals surface area contributed by atoms with E-state index in [-0.39, 0.29) is 17.4 Å². The first kappa shape index (κ1) is 25.8. The van der Waals surface area contributed by atoms with E-state index in [1.54, 1.807) is 45.0 Å². The zero-order valence-corrected chi connectivity index (χ0v) is 22.7. The molecule has 5 atom stereocenters. The van der Waals surface area contributed by atoms with Crippen LogP contribution in [0.15, 0.2) is 24.3 Å². The smallest absolute Gasteiger partial charge is 0.331 e. The van der Waals surface area contributed by atoms with Crippen molar-refractivity contribution in [2.45, 2.75) is 86.2 Å². The Kier molecular flexibility index (Phi) is 6.39. The lowest BCUT2D eigenvalue weighted by atomic mass is 9.64. The molecule has 3 saturated carbocycles. The van der Waals surface area contributed by atoms with Crippen LogP contribution in [0.3, 0.4) is 0 Å². The maximum atomic E-state index is 13.0. The molecule has 0 aromatic heterocycles. The Morgan fingerprint density at radius 1 is 1.03 bits per heavy atom. The molecule has 5 nitrogen and oxygen atoms in total. The van der Waals surface area contributed by atoms with Gasteiger partial charge in [-0.05, 0) is 106 Å². The topological polar surface area (TPSA) is 61.8 Å². The molecule has 0 radical (unpaired) electrons. The minimum absolute atomic E-state index is 0.174. The number of hydrogen-bond donors (Lipinski definition) is 0. The van der Waals surface area contributed by atoms with E-state index in [1.807, 2.05) is 0 Å². The van der Waals surface area contributed by atoms with Gasteiger partial charge >= 0.3 is 11.9 Å². The quantitative estimate of drug-likeness (QED) is 0.261. The second-order valence-corrected chi connectivity index (χ2v) is 13.0. The summed E-state index contributed by atoms with van der Waals surface area (Å²) in [5.41, 5.74) is 0.320. The zero-order valence-electron chi connectivity index (χ0n) is 22.7. The van der Waals surface area contributed by atoms with E-state index in [0.29, 0.717) is 22.8 Å². The molecule has 0 amide bonds. The molecule has 4 rings (SSSR count). The second kappa shape index (κ2) is 8.67. The van der Waals surface area contributed by atoms with Gasteiger partial charge in [-0.2, -0.15) is 0 Å². The molecule has 1 aromatic carbocycles. The fraction of sp³-hybridized carbons (Fsp3) is 0.667. The van der Waals surface area contributed by atoms with Gasteiger partial charge in [0.2, 0.25) is 0 Å². The van der Waals surface area contributed by atoms with Gasteiger partial charge in [-0.3, -0.25) is 4.79 Å². The summed E-state index contributed by atoms with van der Waals surface area (Å²) in [6, 6.07) is 5.24. The number of benzene rings is 1. The van der Waals surface area contributed by atoms with Crippen LogP contribution in [0.2, 0.25) is 0 Å². The first-order chi connectivity index (χ1) is 16.2. The van der Waals surface area contributed by atoms with Crippen LogP contribution < -0.4 is 9.47 Å². The molecule has 2 bridgehead atoms. The highest BCUT2D eigenvalue weighted by Gasteiger charge is 2.68. The fourth-order valence-corrected chi connectivity index (χ4v) is 7.53.